The highest BCUT2D eigenvalue weighted by Crippen LogP contribution is 2.15. The molecule has 16 heavy (non-hydrogen) atoms. The molecule has 86 valence electrons. The first-order valence-electron chi connectivity index (χ1n) is 5.50. The van der Waals surface area contributed by atoms with Crippen LogP contribution >= 0.6 is 0 Å². The molecule has 0 aromatic heterocycles. The predicted octanol–water partition coefficient (Wildman–Crippen LogP) is 0.893. The molecule has 1 aliphatic rings. The maximum absolute atomic E-state index is 10.6. The summed E-state index contributed by atoms with van der Waals surface area (Å²) in [6.07, 6.45) is 0. The average Bonchev–Trinajstić information content (AvgIpc) is 2.30. The summed E-state index contributed by atoms with van der Waals surface area (Å²) in [6, 6.07) is 10.2. The second kappa shape index (κ2) is 4.99. The fourth-order valence-corrected chi connectivity index (χ4v) is 1.99. The molecule has 0 bridgehead atoms. The van der Waals surface area contributed by atoms with Crippen molar-refractivity contribution in [3.05, 3.63) is 30.3 Å². The van der Waals surface area contributed by atoms with Gasteiger partial charge in [-0.3, -0.25) is 9.69 Å². The molecule has 0 amide bonds. The van der Waals surface area contributed by atoms with Crippen molar-refractivity contribution in [2.75, 3.05) is 37.6 Å². The Balaban J connectivity index is 1.88. The molecule has 0 atom stereocenters. The van der Waals surface area contributed by atoms with E-state index in [2.05, 4.69) is 17.0 Å². The van der Waals surface area contributed by atoms with Crippen molar-refractivity contribution >= 4 is 11.7 Å². The molecule has 1 aliphatic heterocycles. The monoisotopic (exact) mass is 220 g/mol. The third-order valence-electron chi connectivity index (χ3n) is 2.85. The number of rotatable bonds is 3. The number of piperazine rings is 1. The third-order valence-corrected chi connectivity index (χ3v) is 2.85. The van der Waals surface area contributed by atoms with Crippen LogP contribution in [0.15, 0.2) is 30.3 Å². The van der Waals surface area contributed by atoms with Gasteiger partial charge in [0.15, 0.2) is 0 Å². The Morgan fingerprint density at radius 2 is 1.75 bits per heavy atom. The number of anilines is 1. The van der Waals surface area contributed by atoms with Gasteiger partial charge < -0.3 is 10.0 Å². The van der Waals surface area contributed by atoms with E-state index in [4.69, 9.17) is 5.11 Å². The molecule has 1 aromatic carbocycles. The fraction of sp³-hybridized carbons (Fsp3) is 0.417. The van der Waals surface area contributed by atoms with Crippen molar-refractivity contribution in [1.82, 2.24) is 4.90 Å². The van der Waals surface area contributed by atoms with Gasteiger partial charge in [0.25, 0.3) is 0 Å². The molecule has 0 saturated carbocycles. The van der Waals surface area contributed by atoms with E-state index >= 15 is 0 Å². The summed E-state index contributed by atoms with van der Waals surface area (Å²) in [5, 5.41) is 8.69. The molecule has 1 saturated heterocycles. The molecule has 4 nitrogen and oxygen atoms in total. The van der Waals surface area contributed by atoms with Gasteiger partial charge in [0.2, 0.25) is 0 Å². The van der Waals surface area contributed by atoms with Crippen LogP contribution in [0.5, 0.6) is 0 Å². The summed E-state index contributed by atoms with van der Waals surface area (Å²) in [4.78, 5) is 14.8. The molecular formula is C12H16N2O2. The lowest BCUT2D eigenvalue weighted by Gasteiger charge is -2.35. The number of benzene rings is 1. The molecule has 1 N–H and O–H groups in total. The number of carbonyl (C=O) groups is 1. The standard InChI is InChI=1S/C12H16N2O2/c15-12(16)10-13-6-8-14(9-7-13)11-4-2-1-3-5-11/h1-5H,6-10H2,(H,15,16). The van der Waals surface area contributed by atoms with E-state index in [-0.39, 0.29) is 6.54 Å². The van der Waals surface area contributed by atoms with Gasteiger partial charge in [-0.05, 0) is 12.1 Å². The van der Waals surface area contributed by atoms with E-state index in [1.54, 1.807) is 0 Å². The highest BCUT2D eigenvalue weighted by Gasteiger charge is 2.18. The number of nitrogens with zero attached hydrogens (tertiary/aromatic N) is 2. The van der Waals surface area contributed by atoms with Gasteiger partial charge in [-0.15, -0.1) is 0 Å². The number of hydrogen-bond acceptors (Lipinski definition) is 3. The Kier molecular flexibility index (Phi) is 3.41. The van der Waals surface area contributed by atoms with Gasteiger partial charge in [-0.2, -0.15) is 0 Å². The average molecular weight is 220 g/mol. The zero-order valence-corrected chi connectivity index (χ0v) is 9.17. The van der Waals surface area contributed by atoms with Crippen LogP contribution in [-0.2, 0) is 4.79 Å². The summed E-state index contributed by atoms with van der Waals surface area (Å²) in [6.45, 7) is 3.60. The lowest BCUT2D eigenvalue weighted by atomic mass is 10.2. The number of carboxylic acids is 1. The van der Waals surface area contributed by atoms with Crippen molar-refractivity contribution in [3.63, 3.8) is 0 Å². The molecule has 0 unspecified atom stereocenters. The Morgan fingerprint density at radius 3 is 2.31 bits per heavy atom. The lowest BCUT2D eigenvalue weighted by Crippen LogP contribution is -2.47. The largest absolute Gasteiger partial charge is 0.480 e. The maximum atomic E-state index is 10.6. The van der Waals surface area contributed by atoms with Gasteiger partial charge in [0, 0.05) is 31.9 Å². The second-order valence-corrected chi connectivity index (χ2v) is 3.99. The van der Waals surface area contributed by atoms with Crippen LogP contribution in [0, 0.1) is 0 Å². The van der Waals surface area contributed by atoms with Crippen molar-refractivity contribution < 1.29 is 9.90 Å². The van der Waals surface area contributed by atoms with Crippen molar-refractivity contribution in [3.8, 4) is 0 Å². The van der Waals surface area contributed by atoms with Crippen LogP contribution in [0.25, 0.3) is 0 Å². The first-order chi connectivity index (χ1) is 7.75. The normalized spacial score (nSPS) is 17.4. The van der Waals surface area contributed by atoms with E-state index in [1.807, 2.05) is 23.1 Å². The Hall–Kier alpha value is -1.55. The molecule has 2 rings (SSSR count). The zero-order valence-electron chi connectivity index (χ0n) is 9.17. The highest BCUT2D eigenvalue weighted by molar-refractivity contribution is 5.69. The van der Waals surface area contributed by atoms with Crippen LogP contribution in [0.1, 0.15) is 0 Å². The van der Waals surface area contributed by atoms with Gasteiger partial charge in [0.1, 0.15) is 0 Å². The quantitative estimate of drug-likeness (QED) is 0.821. The first-order valence-corrected chi connectivity index (χ1v) is 5.50. The smallest absolute Gasteiger partial charge is 0.317 e. The molecule has 1 heterocycles. The van der Waals surface area contributed by atoms with Crippen LogP contribution < -0.4 is 4.90 Å². The van der Waals surface area contributed by atoms with E-state index in [1.165, 1.54) is 5.69 Å². The number of hydrogen-bond donors (Lipinski definition) is 1. The Labute approximate surface area is 95.1 Å². The summed E-state index contributed by atoms with van der Waals surface area (Å²) >= 11 is 0. The summed E-state index contributed by atoms with van der Waals surface area (Å²) in [5.41, 5.74) is 1.22. The van der Waals surface area contributed by atoms with E-state index < -0.39 is 5.97 Å². The molecule has 4 heteroatoms. The van der Waals surface area contributed by atoms with E-state index in [0.717, 1.165) is 26.2 Å². The highest BCUT2D eigenvalue weighted by atomic mass is 16.4. The minimum absolute atomic E-state index is 0.155. The topological polar surface area (TPSA) is 43.8 Å². The number of carboxylic acid groups (broad SMARTS) is 1. The number of para-hydroxylation sites is 1. The summed E-state index contributed by atoms with van der Waals surface area (Å²) in [7, 11) is 0. The zero-order chi connectivity index (χ0) is 11.4. The number of aliphatic carboxylic acids is 1. The molecule has 1 fully saturated rings. The fourth-order valence-electron chi connectivity index (χ4n) is 1.99. The minimum Gasteiger partial charge on any atom is -0.480 e. The maximum Gasteiger partial charge on any atom is 0.317 e. The van der Waals surface area contributed by atoms with E-state index in [0.29, 0.717) is 0 Å². The van der Waals surface area contributed by atoms with Gasteiger partial charge in [-0.25, -0.2) is 0 Å². The minimum atomic E-state index is -0.742. The molecule has 0 spiro atoms. The van der Waals surface area contributed by atoms with Crippen LogP contribution in [0.4, 0.5) is 5.69 Å². The van der Waals surface area contributed by atoms with Crippen molar-refractivity contribution in [1.29, 1.82) is 0 Å². The molecule has 0 aliphatic carbocycles. The van der Waals surface area contributed by atoms with Crippen molar-refractivity contribution in [2.24, 2.45) is 0 Å². The predicted molar refractivity (Wildman–Crippen MR) is 62.7 cm³/mol. The van der Waals surface area contributed by atoms with Crippen LogP contribution in [-0.4, -0.2) is 48.7 Å². The molecule has 1 aromatic rings. The SMILES string of the molecule is O=C(O)CN1CCN(c2ccccc2)CC1. The lowest BCUT2D eigenvalue weighted by molar-refractivity contribution is -0.138. The van der Waals surface area contributed by atoms with Gasteiger partial charge in [-0.1, -0.05) is 18.2 Å². The summed E-state index contributed by atoms with van der Waals surface area (Å²) in [5.74, 6) is -0.742. The first kappa shape index (κ1) is 11.0. The van der Waals surface area contributed by atoms with Crippen molar-refractivity contribution in [2.45, 2.75) is 0 Å². The summed E-state index contributed by atoms with van der Waals surface area (Å²) < 4.78 is 0. The molecule has 0 radical (unpaired) electrons. The Bertz CT molecular complexity index is 345. The Morgan fingerprint density at radius 1 is 1.12 bits per heavy atom. The van der Waals surface area contributed by atoms with E-state index in [9.17, 15) is 4.79 Å². The van der Waals surface area contributed by atoms with Gasteiger partial charge >= 0.3 is 5.97 Å². The van der Waals surface area contributed by atoms with Crippen LogP contribution in [0.3, 0.4) is 0 Å². The van der Waals surface area contributed by atoms with Gasteiger partial charge in [0.05, 0.1) is 6.54 Å². The van der Waals surface area contributed by atoms with Crippen LogP contribution in [0.2, 0.25) is 0 Å². The molecular weight excluding hydrogens is 204 g/mol. The second-order valence-electron chi connectivity index (χ2n) is 3.99. The third kappa shape index (κ3) is 2.73.